The van der Waals surface area contributed by atoms with Crippen LogP contribution in [0.2, 0.25) is 0 Å². The number of nitrogens with one attached hydrogen (secondary N) is 2. The lowest BCUT2D eigenvalue weighted by atomic mass is 10.1. The zero-order valence-corrected chi connectivity index (χ0v) is 10.8. The molecule has 0 radical (unpaired) electrons. The summed E-state index contributed by atoms with van der Waals surface area (Å²) in [4.78, 5) is 15.4. The molecule has 2 rings (SSSR count). The summed E-state index contributed by atoms with van der Waals surface area (Å²) in [7, 11) is 0. The Morgan fingerprint density at radius 1 is 1.58 bits per heavy atom. The van der Waals surface area contributed by atoms with E-state index >= 15 is 0 Å². The molecule has 0 amide bonds. The molecule has 7 nitrogen and oxygen atoms in total. The number of nitrogens with two attached hydrogens (primary N) is 1. The molecule has 0 fully saturated rings. The van der Waals surface area contributed by atoms with Gasteiger partial charge in [-0.15, -0.1) is 0 Å². The predicted octanol–water partition coefficient (Wildman–Crippen LogP) is 2.33. The van der Waals surface area contributed by atoms with Crippen molar-refractivity contribution in [3.8, 4) is 10.4 Å². The number of hydrogen-bond donors (Lipinski definition) is 3. The van der Waals surface area contributed by atoms with Crippen LogP contribution < -0.4 is 11.1 Å². The highest BCUT2D eigenvalue weighted by Crippen LogP contribution is 2.34. The molecule has 0 bridgehead atoms. The van der Waals surface area contributed by atoms with E-state index in [9.17, 15) is 10.1 Å². The fourth-order valence-corrected chi connectivity index (χ4v) is 2.57. The molecule has 4 N–H and O–H groups in total. The Labute approximate surface area is 112 Å². The van der Waals surface area contributed by atoms with Crippen molar-refractivity contribution in [3.63, 3.8) is 0 Å². The Bertz CT molecular complexity index is 652. The van der Waals surface area contributed by atoms with E-state index in [1.54, 1.807) is 19.1 Å². The summed E-state index contributed by atoms with van der Waals surface area (Å²) >= 11 is 1.30. The summed E-state index contributed by atoms with van der Waals surface area (Å²) in [5.74, 6) is -0.195. The number of rotatable bonds is 3. The normalized spacial score (nSPS) is 10.2. The molecule has 2 aromatic rings. The molecule has 19 heavy (non-hydrogen) atoms. The van der Waals surface area contributed by atoms with Crippen LogP contribution in [0.15, 0.2) is 24.3 Å². The van der Waals surface area contributed by atoms with Crippen molar-refractivity contribution in [3.05, 3.63) is 40.1 Å². The summed E-state index contributed by atoms with van der Waals surface area (Å²) in [6, 6.07) is 6.35. The van der Waals surface area contributed by atoms with Crippen LogP contribution in [-0.4, -0.2) is 15.9 Å². The molecular formula is C11H11N5O2S. The van der Waals surface area contributed by atoms with Gasteiger partial charge >= 0.3 is 0 Å². The minimum absolute atomic E-state index is 0.0337. The van der Waals surface area contributed by atoms with Gasteiger partial charge in [0.15, 0.2) is 11.1 Å². The van der Waals surface area contributed by atoms with Gasteiger partial charge in [-0.3, -0.25) is 15.5 Å². The molecule has 0 aliphatic carbocycles. The summed E-state index contributed by atoms with van der Waals surface area (Å²) in [5, 5.41) is 21.0. The van der Waals surface area contributed by atoms with E-state index in [2.05, 4.69) is 10.3 Å². The van der Waals surface area contributed by atoms with Gasteiger partial charge in [0.05, 0.1) is 15.5 Å². The number of nitro benzene ring substituents is 1. The number of nitro groups is 1. The number of benzene rings is 1. The van der Waals surface area contributed by atoms with Crippen molar-refractivity contribution in [1.29, 1.82) is 5.41 Å². The number of anilines is 1. The average Bonchev–Trinajstić information content (AvgIpc) is 2.69. The first-order valence-electron chi connectivity index (χ1n) is 5.30. The number of aromatic nitrogens is 1. The van der Waals surface area contributed by atoms with Crippen molar-refractivity contribution < 1.29 is 4.92 Å². The third kappa shape index (κ3) is 2.86. The molecule has 0 saturated heterocycles. The van der Waals surface area contributed by atoms with Gasteiger partial charge in [-0.05, 0) is 6.92 Å². The molecule has 8 heteroatoms. The van der Waals surface area contributed by atoms with Gasteiger partial charge in [0.1, 0.15) is 0 Å². The van der Waals surface area contributed by atoms with E-state index in [0.29, 0.717) is 5.13 Å². The van der Waals surface area contributed by atoms with E-state index in [1.165, 1.54) is 23.5 Å². The minimum Gasteiger partial charge on any atom is -0.370 e. The van der Waals surface area contributed by atoms with E-state index in [-0.39, 0.29) is 11.6 Å². The second-order valence-corrected chi connectivity index (χ2v) is 4.78. The largest absolute Gasteiger partial charge is 0.370 e. The number of thiazole rings is 1. The van der Waals surface area contributed by atoms with Crippen LogP contribution in [-0.2, 0) is 0 Å². The van der Waals surface area contributed by atoms with Gasteiger partial charge in [0, 0.05) is 17.7 Å². The molecule has 0 saturated carbocycles. The first-order valence-corrected chi connectivity index (χ1v) is 6.12. The maximum absolute atomic E-state index is 10.8. The Kier molecular flexibility index (Phi) is 3.43. The number of non-ortho nitro benzene ring substituents is 1. The predicted molar refractivity (Wildman–Crippen MR) is 74.5 cm³/mol. The fourth-order valence-electron chi connectivity index (χ4n) is 1.59. The molecular weight excluding hydrogens is 266 g/mol. The van der Waals surface area contributed by atoms with Gasteiger partial charge < -0.3 is 11.1 Å². The molecule has 0 aliphatic heterocycles. The van der Waals surface area contributed by atoms with E-state index < -0.39 is 4.92 Å². The van der Waals surface area contributed by atoms with Gasteiger partial charge in [-0.25, -0.2) is 4.98 Å². The molecule has 1 aromatic carbocycles. The lowest BCUT2D eigenvalue weighted by Gasteiger charge is -1.98. The molecule has 1 heterocycles. The first-order chi connectivity index (χ1) is 8.97. The lowest BCUT2D eigenvalue weighted by molar-refractivity contribution is -0.384. The van der Waals surface area contributed by atoms with Crippen molar-refractivity contribution in [2.45, 2.75) is 6.92 Å². The van der Waals surface area contributed by atoms with E-state index in [1.807, 2.05) is 0 Å². The van der Waals surface area contributed by atoms with Gasteiger partial charge in [-0.2, -0.15) is 0 Å². The van der Waals surface area contributed by atoms with Crippen molar-refractivity contribution in [2.75, 3.05) is 5.32 Å². The smallest absolute Gasteiger partial charge is 0.270 e. The first kappa shape index (κ1) is 13.0. The van der Waals surface area contributed by atoms with E-state index in [4.69, 9.17) is 11.1 Å². The maximum Gasteiger partial charge on any atom is 0.270 e. The monoisotopic (exact) mass is 277 g/mol. The standard InChI is InChI=1S/C11H11N5O2S/c1-6-9(19-11(14-6)15-10(12)13)7-3-2-4-8(5-7)16(17)18/h2-5H,1H3,(H4,12,13,14,15). The summed E-state index contributed by atoms with van der Waals surface area (Å²) in [6.45, 7) is 1.80. The number of guanidine groups is 1. The van der Waals surface area contributed by atoms with E-state index in [0.717, 1.165) is 16.1 Å². The lowest BCUT2D eigenvalue weighted by Crippen LogP contribution is -2.20. The Hall–Kier alpha value is -2.48. The zero-order valence-electron chi connectivity index (χ0n) is 10.0. The topological polar surface area (TPSA) is 118 Å². The molecule has 0 unspecified atom stereocenters. The Morgan fingerprint density at radius 2 is 2.32 bits per heavy atom. The van der Waals surface area contributed by atoms with Gasteiger partial charge in [0.25, 0.3) is 5.69 Å². The summed E-state index contributed by atoms with van der Waals surface area (Å²) in [5.41, 5.74) is 6.72. The van der Waals surface area contributed by atoms with Crippen LogP contribution in [0.3, 0.4) is 0 Å². The van der Waals surface area contributed by atoms with Crippen LogP contribution in [0.25, 0.3) is 10.4 Å². The van der Waals surface area contributed by atoms with Crippen molar-refractivity contribution in [2.24, 2.45) is 5.73 Å². The number of aryl methyl sites for hydroxylation is 1. The van der Waals surface area contributed by atoms with Gasteiger partial charge in [-0.1, -0.05) is 23.5 Å². The van der Waals surface area contributed by atoms with Crippen LogP contribution in [0, 0.1) is 22.4 Å². The molecule has 0 spiro atoms. The second kappa shape index (κ2) is 5.02. The minimum atomic E-state index is -0.436. The highest BCUT2D eigenvalue weighted by molar-refractivity contribution is 7.19. The third-order valence-corrected chi connectivity index (χ3v) is 3.48. The second-order valence-electron chi connectivity index (χ2n) is 3.78. The zero-order chi connectivity index (χ0) is 14.0. The SMILES string of the molecule is Cc1nc(NC(=N)N)sc1-c1cccc([N+](=O)[O-])c1. The Morgan fingerprint density at radius 3 is 2.95 bits per heavy atom. The highest BCUT2D eigenvalue weighted by Gasteiger charge is 2.13. The summed E-state index contributed by atoms with van der Waals surface area (Å²) in [6.07, 6.45) is 0. The van der Waals surface area contributed by atoms with Crippen molar-refractivity contribution >= 4 is 28.1 Å². The van der Waals surface area contributed by atoms with Gasteiger partial charge in [0.2, 0.25) is 0 Å². The highest BCUT2D eigenvalue weighted by atomic mass is 32.1. The maximum atomic E-state index is 10.8. The van der Waals surface area contributed by atoms with Crippen LogP contribution >= 0.6 is 11.3 Å². The molecule has 0 atom stereocenters. The molecule has 0 aliphatic rings. The number of hydrogen-bond acceptors (Lipinski definition) is 5. The molecule has 1 aromatic heterocycles. The quantitative estimate of drug-likeness (QED) is 0.344. The average molecular weight is 277 g/mol. The molecule has 98 valence electrons. The van der Waals surface area contributed by atoms with Crippen LogP contribution in [0.4, 0.5) is 10.8 Å². The number of nitrogens with zero attached hydrogens (tertiary/aromatic N) is 2. The van der Waals surface area contributed by atoms with Crippen LogP contribution in [0.1, 0.15) is 5.69 Å². The van der Waals surface area contributed by atoms with Crippen LogP contribution in [0.5, 0.6) is 0 Å². The fraction of sp³-hybridized carbons (Fsp3) is 0.0909. The van der Waals surface area contributed by atoms with Crippen molar-refractivity contribution in [1.82, 2.24) is 4.98 Å². The Balaban J connectivity index is 2.41. The summed E-state index contributed by atoms with van der Waals surface area (Å²) < 4.78 is 0. The third-order valence-electron chi connectivity index (χ3n) is 2.36.